The van der Waals surface area contributed by atoms with Crippen LogP contribution in [-0.4, -0.2) is 40.8 Å². The molecule has 4 rings (SSSR count). The Kier molecular flexibility index (Phi) is 8.14. The lowest BCUT2D eigenvalue weighted by Gasteiger charge is -2.37. The molecular formula is C29H30F2N2O5. The molecule has 0 unspecified atom stereocenters. The van der Waals surface area contributed by atoms with E-state index in [4.69, 9.17) is 14.6 Å². The van der Waals surface area contributed by atoms with E-state index in [-0.39, 0.29) is 30.4 Å². The van der Waals surface area contributed by atoms with E-state index in [9.17, 15) is 14.0 Å². The van der Waals surface area contributed by atoms with E-state index in [1.165, 1.54) is 48.5 Å². The molecule has 200 valence electrons. The van der Waals surface area contributed by atoms with Gasteiger partial charge in [-0.1, -0.05) is 13.8 Å². The molecule has 1 aliphatic rings. The van der Waals surface area contributed by atoms with Crippen LogP contribution in [0.25, 0.3) is 0 Å². The number of halogens is 2. The number of carboxylic acids is 1. The zero-order valence-electron chi connectivity index (χ0n) is 21.2. The summed E-state index contributed by atoms with van der Waals surface area (Å²) in [4.78, 5) is 25.7. The number of carbonyl (C=O) groups is 2. The van der Waals surface area contributed by atoms with Crippen LogP contribution >= 0.6 is 0 Å². The van der Waals surface area contributed by atoms with E-state index in [1.54, 1.807) is 23.1 Å². The lowest BCUT2D eigenvalue weighted by Crippen LogP contribution is -2.46. The Bertz CT molecular complexity index is 1270. The fourth-order valence-corrected chi connectivity index (χ4v) is 4.45. The predicted molar refractivity (Wildman–Crippen MR) is 140 cm³/mol. The third-order valence-electron chi connectivity index (χ3n) is 6.24. The van der Waals surface area contributed by atoms with Crippen LogP contribution in [-0.2, 0) is 0 Å². The molecule has 0 aliphatic carbocycles. The van der Waals surface area contributed by atoms with Crippen molar-refractivity contribution in [3.63, 3.8) is 0 Å². The van der Waals surface area contributed by atoms with Gasteiger partial charge in [-0.2, -0.15) is 0 Å². The number of nitrogens with zero attached hydrogens (tertiary/aromatic N) is 1. The van der Waals surface area contributed by atoms with Crippen molar-refractivity contribution in [3.05, 3.63) is 78.1 Å². The number of carboxylic acid groups (broad SMARTS) is 1. The molecule has 3 aromatic carbocycles. The number of nitrogens with one attached hydrogen (secondary N) is 1. The van der Waals surface area contributed by atoms with Crippen LogP contribution in [0.2, 0.25) is 0 Å². The fourth-order valence-electron chi connectivity index (χ4n) is 4.45. The van der Waals surface area contributed by atoms with Crippen LogP contribution in [0.1, 0.15) is 43.5 Å². The minimum absolute atomic E-state index is 0.117. The molecule has 0 bridgehead atoms. The van der Waals surface area contributed by atoms with E-state index < -0.39 is 17.5 Å². The quantitative estimate of drug-likeness (QED) is 0.319. The molecule has 2 amide bonds. The molecule has 3 aromatic rings. The van der Waals surface area contributed by atoms with Gasteiger partial charge in [0, 0.05) is 37.0 Å². The largest absolute Gasteiger partial charge is 0.478 e. The summed E-state index contributed by atoms with van der Waals surface area (Å²) in [6.45, 7) is 4.59. The van der Waals surface area contributed by atoms with Crippen LogP contribution in [0.15, 0.2) is 66.7 Å². The van der Waals surface area contributed by atoms with E-state index in [0.29, 0.717) is 48.2 Å². The van der Waals surface area contributed by atoms with Gasteiger partial charge >= 0.3 is 12.0 Å². The standard InChI is InChI=1S/C29H30F2N2O5/c1-19(2)18-29(31)11-13-33(14-12-29)28(36)32-22-15-25(37-23-7-3-20(4-8-23)27(34)35)17-26(16-22)38-24-9-5-21(30)6-10-24/h3-10,15-17,19H,11-14,18H2,1-2H3,(H,32,36)(H,34,35). The second kappa shape index (κ2) is 11.5. The molecule has 7 nitrogen and oxygen atoms in total. The minimum Gasteiger partial charge on any atom is -0.478 e. The molecule has 0 atom stereocenters. The zero-order valence-corrected chi connectivity index (χ0v) is 21.2. The molecule has 0 aromatic heterocycles. The second-order valence-electron chi connectivity index (χ2n) is 9.85. The first-order chi connectivity index (χ1) is 18.1. The number of aromatic carboxylic acids is 1. The monoisotopic (exact) mass is 524 g/mol. The van der Waals surface area contributed by atoms with Crippen molar-refractivity contribution in [2.75, 3.05) is 18.4 Å². The minimum atomic E-state index is -1.26. The maximum atomic E-state index is 15.1. The van der Waals surface area contributed by atoms with E-state index in [2.05, 4.69) is 5.32 Å². The number of hydrogen-bond donors (Lipinski definition) is 2. The maximum Gasteiger partial charge on any atom is 0.335 e. The van der Waals surface area contributed by atoms with Crippen molar-refractivity contribution in [1.29, 1.82) is 0 Å². The lowest BCUT2D eigenvalue weighted by molar-refractivity contribution is 0.0549. The van der Waals surface area contributed by atoms with Crippen LogP contribution in [0, 0.1) is 11.7 Å². The number of benzene rings is 3. The van der Waals surface area contributed by atoms with Gasteiger partial charge in [0.2, 0.25) is 0 Å². The number of hydrogen-bond acceptors (Lipinski definition) is 4. The molecule has 0 spiro atoms. The fraction of sp³-hybridized carbons (Fsp3) is 0.310. The summed E-state index contributed by atoms with van der Waals surface area (Å²) >= 11 is 0. The van der Waals surface area contributed by atoms with Gasteiger partial charge in [0.15, 0.2) is 0 Å². The van der Waals surface area contributed by atoms with Gasteiger partial charge in [0.25, 0.3) is 0 Å². The van der Waals surface area contributed by atoms with Gasteiger partial charge < -0.3 is 24.8 Å². The third kappa shape index (κ3) is 7.21. The predicted octanol–water partition coefficient (Wildman–Crippen LogP) is 7.49. The summed E-state index contributed by atoms with van der Waals surface area (Å²) in [5.41, 5.74) is -0.762. The van der Waals surface area contributed by atoms with Gasteiger partial charge in [-0.15, -0.1) is 0 Å². The highest BCUT2D eigenvalue weighted by Crippen LogP contribution is 2.35. The molecule has 1 fully saturated rings. The van der Waals surface area contributed by atoms with Crippen molar-refractivity contribution in [2.45, 2.75) is 38.8 Å². The highest BCUT2D eigenvalue weighted by atomic mass is 19.1. The van der Waals surface area contributed by atoms with Gasteiger partial charge in [-0.3, -0.25) is 0 Å². The first-order valence-electron chi connectivity index (χ1n) is 12.4. The SMILES string of the molecule is CC(C)CC1(F)CCN(C(=O)Nc2cc(Oc3ccc(F)cc3)cc(Oc3ccc(C(=O)O)cc3)c2)CC1. The topological polar surface area (TPSA) is 88.1 Å². The Hall–Kier alpha value is -4.14. The number of rotatable bonds is 8. The van der Waals surface area contributed by atoms with Gasteiger partial charge in [0.1, 0.15) is 34.5 Å². The Labute approximate surface area is 220 Å². The Balaban J connectivity index is 1.52. The molecule has 1 aliphatic heterocycles. The van der Waals surface area contributed by atoms with Gasteiger partial charge in [-0.05, 0) is 73.7 Å². The summed E-state index contributed by atoms with van der Waals surface area (Å²) in [7, 11) is 0. The van der Waals surface area contributed by atoms with E-state index in [0.717, 1.165) is 0 Å². The number of anilines is 1. The first-order valence-corrected chi connectivity index (χ1v) is 12.4. The molecule has 9 heteroatoms. The van der Waals surface area contributed by atoms with Crippen molar-refractivity contribution in [1.82, 2.24) is 4.90 Å². The number of likely N-dealkylation sites (tertiary alicyclic amines) is 1. The number of alkyl halides is 1. The highest BCUT2D eigenvalue weighted by molar-refractivity contribution is 5.90. The Morgan fingerprint density at radius 1 is 0.921 bits per heavy atom. The Morgan fingerprint density at radius 3 is 1.95 bits per heavy atom. The summed E-state index contributed by atoms with van der Waals surface area (Å²) in [5, 5.41) is 11.9. The van der Waals surface area contributed by atoms with Crippen LogP contribution < -0.4 is 14.8 Å². The first kappa shape index (κ1) is 26.9. The highest BCUT2D eigenvalue weighted by Gasteiger charge is 2.36. The summed E-state index contributed by atoms with van der Waals surface area (Å²) in [5.74, 6) is 0.190. The van der Waals surface area contributed by atoms with Crippen molar-refractivity contribution < 1.29 is 33.0 Å². The molecule has 1 heterocycles. The van der Waals surface area contributed by atoms with Crippen LogP contribution in [0.3, 0.4) is 0 Å². The normalized spacial score (nSPS) is 14.7. The average molecular weight is 525 g/mol. The van der Waals surface area contributed by atoms with Crippen LogP contribution in [0.4, 0.5) is 19.3 Å². The van der Waals surface area contributed by atoms with Gasteiger partial charge in [0.05, 0.1) is 5.56 Å². The number of urea groups is 1. The number of carbonyl (C=O) groups excluding carboxylic acids is 1. The molecule has 2 N–H and O–H groups in total. The molecular weight excluding hydrogens is 494 g/mol. The second-order valence-corrected chi connectivity index (χ2v) is 9.85. The lowest BCUT2D eigenvalue weighted by atomic mass is 9.85. The van der Waals surface area contributed by atoms with E-state index in [1.807, 2.05) is 13.8 Å². The smallest absolute Gasteiger partial charge is 0.335 e. The van der Waals surface area contributed by atoms with Crippen molar-refractivity contribution in [2.24, 2.45) is 5.92 Å². The van der Waals surface area contributed by atoms with Crippen molar-refractivity contribution >= 4 is 17.7 Å². The van der Waals surface area contributed by atoms with E-state index >= 15 is 4.39 Å². The maximum absolute atomic E-state index is 15.1. The van der Waals surface area contributed by atoms with Crippen LogP contribution in [0.5, 0.6) is 23.0 Å². The zero-order chi connectivity index (χ0) is 27.3. The van der Waals surface area contributed by atoms with Gasteiger partial charge in [-0.25, -0.2) is 18.4 Å². The number of ether oxygens (including phenoxy) is 2. The Morgan fingerprint density at radius 2 is 1.45 bits per heavy atom. The molecule has 38 heavy (non-hydrogen) atoms. The molecule has 0 radical (unpaired) electrons. The number of piperidine rings is 1. The van der Waals surface area contributed by atoms with Crippen molar-refractivity contribution in [3.8, 4) is 23.0 Å². The summed E-state index contributed by atoms with van der Waals surface area (Å²) in [6.07, 6.45) is 1.04. The average Bonchev–Trinajstić information content (AvgIpc) is 2.85. The summed E-state index contributed by atoms with van der Waals surface area (Å²) < 4.78 is 40.1. The molecule has 0 saturated carbocycles. The number of amides is 2. The summed E-state index contributed by atoms with van der Waals surface area (Å²) in [6, 6.07) is 15.8. The third-order valence-corrected chi connectivity index (χ3v) is 6.24. The molecule has 1 saturated heterocycles.